The van der Waals surface area contributed by atoms with E-state index in [2.05, 4.69) is 164 Å². The average molecular weight is 693 g/mol. The molecule has 0 unspecified atom stereocenters. The highest BCUT2D eigenvalue weighted by atomic mass is 32.1. The van der Waals surface area contributed by atoms with Crippen LogP contribution in [0.15, 0.2) is 179 Å². The summed E-state index contributed by atoms with van der Waals surface area (Å²) in [6.07, 6.45) is 1.91. The molecule has 2 nitrogen and oxygen atoms in total. The Hall–Kier alpha value is -6.68. The van der Waals surface area contributed by atoms with Gasteiger partial charge in [-0.2, -0.15) is 0 Å². The highest BCUT2D eigenvalue weighted by molar-refractivity contribution is 7.27. The minimum absolute atomic E-state index is 0.912. The van der Waals surface area contributed by atoms with Gasteiger partial charge in [0.2, 0.25) is 0 Å². The van der Waals surface area contributed by atoms with Crippen molar-refractivity contribution in [2.24, 2.45) is 0 Å². The quantitative estimate of drug-likeness (QED) is 0.172. The Balaban J connectivity index is 1.16. The first-order valence-electron chi connectivity index (χ1n) is 18.0. The SMILES string of the molecule is c1ccc(-c2coc3ccc4c5cccc(-c6c7ccccc7c(-c7cccc8c7oc7cc9ccccc9cc78)c7ccccc67)c5sc4c23)cc1. The van der Waals surface area contributed by atoms with Crippen LogP contribution in [0.5, 0.6) is 0 Å². The van der Waals surface area contributed by atoms with E-state index in [1.165, 1.54) is 74.6 Å². The average Bonchev–Trinajstić information content (AvgIpc) is 3.93. The van der Waals surface area contributed by atoms with E-state index in [1.54, 1.807) is 0 Å². The van der Waals surface area contributed by atoms with Crippen LogP contribution in [-0.2, 0) is 0 Å². The lowest BCUT2D eigenvalue weighted by molar-refractivity contribution is 0.617. The van der Waals surface area contributed by atoms with Crippen LogP contribution in [0.25, 0.3) is 119 Å². The van der Waals surface area contributed by atoms with Crippen molar-refractivity contribution in [2.75, 3.05) is 0 Å². The van der Waals surface area contributed by atoms with Crippen molar-refractivity contribution >= 4 is 96.7 Å². The number of hydrogen-bond donors (Lipinski definition) is 0. The van der Waals surface area contributed by atoms with Crippen molar-refractivity contribution < 1.29 is 8.83 Å². The summed E-state index contributed by atoms with van der Waals surface area (Å²) in [6, 6.07) is 59.1. The summed E-state index contributed by atoms with van der Waals surface area (Å²) in [7, 11) is 0. The van der Waals surface area contributed by atoms with Crippen molar-refractivity contribution in [1.29, 1.82) is 0 Å². The lowest BCUT2D eigenvalue weighted by Gasteiger charge is -2.18. The fourth-order valence-electron chi connectivity index (χ4n) is 8.79. The molecule has 0 saturated heterocycles. The maximum absolute atomic E-state index is 6.81. The minimum Gasteiger partial charge on any atom is -0.464 e. The van der Waals surface area contributed by atoms with E-state index in [1.807, 2.05) is 17.6 Å². The van der Waals surface area contributed by atoms with Gasteiger partial charge in [0.1, 0.15) is 16.7 Å². The monoisotopic (exact) mass is 692 g/mol. The zero-order valence-electron chi connectivity index (χ0n) is 28.4. The summed E-state index contributed by atoms with van der Waals surface area (Å²) < 4.78 is 15.5. The van der Waals surface area contributed by atoms with E-state index >= 15 is 0 Å². The van der Waals surface area contributed by atoms with Crippen molar-refractivity contribution in [1.82, 2.24) is 0 Å². The van der Waals surface area contributed by atoms with Crippen LogP contribution < -0.4 is 0 Å². The van der Waals surface area contributed by atoms with Crippen LogP contribution in [0.1, 0.15) is 0 Å². The van der Waals surface area contributed by atoms with Gasteiger partial charge in [0.05, 0.1) is 6.26 Å². The summed E-state index contributed by atoms with van der Waals surface area (Å²) in [5.41, 5.74) is 9.85. The van der Waals surface area contributed by atoms with Crippen molar-refractivity contribution in [3.8, 4) is 33.4 Å². The van der Waals surface area contributed by atoms with Gasteiger partial charge in [0.25, 0.3) is 0 Å². The molecule has 0 radical (unpaired) electrons. The Labute approximate surface area is 307 Å². The zero-order valence-corrected chi connectivity index (χ0v) is 29.2. The van der Waals surface area contributed by atoms with Gasteiger partial charge >= 0.3 is 0 Å². The summed E-state index contributed by atoms with van der Waals surface area (Å²) in [6.45, 7) is 0. The first-order chi connectivity index (χ1) is 26.3. The maximum atomic E-state index is 6.81. The third kappa shape index (κ3) is 4.08. The molecule has 53 heavy (non-hydrogen) atoms. The standard InChI is InChI=1S/C50H28O2S/c1-2-12-29(13-3-1)42-28-51-43-25-24-38-37-21-11-23-40(49(37)53-50(38)47(42)43)46-34-18-8-6-16-32(34)45(33-17-7-9-19-35(33)46)39-22-10-20-36-41-26-30-14-4-5-15-31(30)27-44(41)52-48(36)39/h1-28H. The Morgan fingerprint density at radius 1 is 0.377 bits per heavy atom. The van der Waals surface area contributed by atoms with Crippen LogP contribution in [-0.4, -0.2) is 0 Å². The molecular weight excluding hydrogens is 665 g/mol. The van der Waals surface area contributed by atoms with Crippen molar-refractivity contribution in [2.45, 2.75) is 0 Å². The maximum Gasteiger partial charge on any atom is 0.143 e. The van der Waals surface area contributed by atoms with E-state index in [0.29, 0.717) is 0 Å². The predicted octanol–water partition coefficient (Wildman–Crippen LogP) is 15.2. The third-order valence-corrected chi connectivity index (χ3v) is 12.4. The molecule has 0 saturated carbocycles. The van der Waals surface area contributed by atoms with Crippen LogP contribution in [0.3, 0.4) is 0 Å². The molecule has 0 atom stereocenters. The van der Waals surface area contributed by atoms with Gasteiger partial charge in [-0.1, -0.05) is 140 Å². The summed E-state index contributed by atoms with van der Waals surface area (Å²) in [5, 5.41) is 13.2. The zero-order chi connectivity index (χ0) is 34.6. The van der Waals surface area contributed by atoms with Gasteiger partial charge < -0.3 is 8.83 Å². The summed E-state index contributed by atoms with van der Waals surface area (Å²) >= 11 is 1.87. The van der Waals surface area contributed by atoms with E-state index in [-0.39, 0.29) is 0 Å². The van der Waals surface area contributed by atoms with E-state index in [0.717, 1.165) is 44.2 Å². The van der Waals surface area contributed by atoms with Gasteiger partial charge in [-0.15, -0.1) is 11.3 Å². The molecule has 0 amide bonds. The first kappa shape index (κ1) is 29.0. The normalized spacial score (nSPS) is 12.2. The molecule has 0 spiro atoms. The van der Waals surface area contributed by atoms with Crippen LogP contribution in [0, 0.1) is 0 Å². The molecule has 0 aliphatic carbocycles. The van der Waals surface area contributed by atoms with Crippen molar-refractivity contribution in [3.63, 3.8) is 0 Å². The molecule has 12 rings (SSSR count). The number of thiophene rings is 1. The van der Waals surface area contributed by atoms with Gasteiger partial charge in [-0.3, -0.25) is 0 Å². The second-order valence-corrected chi connectivity index (χ2v) is 15.0. The fourth-order valence-corrected chi connectivity index (χ4v) is 10.2. The lowest BCUT2D eigenvalue weighted by atomic mass is 9.85. The molecule has 0 aliphatic heterocycles. The number of hydrogen-bond acceptors (Lipinski definition) is 3. The van der Waals surface area contributed by atoms with Gasteiger partial charge in [0, 0.05) is 58.6 Å². The Morgan fingerprint density at radius 3 is 1.70 bits per heavy atom. The number of para-hydroxylation sites is 1. The molecule has 0 N–H and O–H groups in total. The molecule has 3 aromatic heterocycles. The molecule has 9 aromatic carbocycles. The van der Waals surface area contributed by atoms with E-state index < -0.39 is 0 Å². The number of rotatable bonds is 3. The highest BCUT2D eigenvalue weighted by Gasteiger charge is 2.23. The van der Waals surface area contributed by atoms with Gasteiger partial charge in [-0.25, -0.2) is 0 Å². The molecule has 0 aliphatic rings. The molecule has 0 bridgehead atoms. The van der Waals surface area contributed by atoms with Crippen molar-refractivity contribution in [3.05, 3.63) is 170 Å². The second kappa shape index (κ2) is 10.9. The van der Waals surface area contributed by atoms with Gasteiger partial charge in [-0.05, 0) is 67.7 Å². The molecule has 12 aromatic rings. The van der Waals surface area contributed by atoms with E-state index in [9.17, 15) is 0 Å². The van der Waals surface area contributed by atoms with Crippen LogP contribution in [0.2, 0.25) is 0 Å². The summed E-state index contributed by atoms with van der Waals surface area (Å²) in [5.74, 6) is 0. The summed E-state index contributed by atoms with van der Waals surface area (Å²) in [4.78, 5) is 0. The molecule has 3 heteroatoms. The van der Waals surface area contributed by atoms with Gasteiger partial charge in [0.15, 0.2) is 0 Å². The number of benzene rings is 9. The molecule has 0 fully saturated rings. The Bertz CT molecular complexity index is 3390. The lowest BCUT2D eigenvalue weighted by Crippen LogP contribution is -1.91. The van der Waals surface area contributed by atoms with E-state index in [4.69, 9.17) is 8.83 Å². The smallest absolute Gasteiger partial charge is 0.143 e. The molecule has 246 valence electrons. The Kier molecular flexibility index (Phi) is 5.96. The van der Waals surface area contributed by atoms with Crippen LogP contribution in [0.4, 0.5) is 0 Å². The number of fused-ring (bicyclic) bond motifs is 11. The fraction of sp³-hybridized carbons (Fsp3) is 0. The molecular formula is C50H28O2S. The predicted molar refractivity (Wildman–Crippen MR) is 225 cm³/mol. The third-order valence-electron chi connectivity index (χ3n) is 11.1. The number of furan rings is 2. The second-order valence-electron chi connectivity index (χ2n) is 13.9. The Morgan fingerprint density at radius 2 is 0.962 bits per heavy atom. The topological polar surface area (TPSA) is 26.3 Å². The van der Waals surface area contributed by atoms with Crippen LogP contribution >= 0.6 is 11.3 Å². The largest absolute Gasteiger partial charge is 0.464 e. The first-order valence-corrected chi connectivity index (χ1v) is 18.8. The minimum atomic E-state index is 0.912. The highest BCUT2D eigenvalue weighted by Crippen LogP contribution is 2.51. The molecule has 3 heterocycles.